The van der Waals surface area contributed by atoms with Crippen LogP contribution in [0, 0.1) is 0 Å². The van der Waals surface area contributed by atoms with E-state index in [0.717, 1.165) is 5.75 Å². The van der Waals surface area contributed by atoms with Crippen molar-refractivity contribution in [2.45, 2.75) is 0 Å². The lowest BCUT2D eigenvalue weighted by Crippen LogP contribution is -2.25. The lowest BCUT2D eigenvalue weighted by molar-refractivity contribution is 0.0200. The molecule has 0 saturated carbocycles. The molecule has 0 heterocycles. The molecule has 1 amide bonds. The second-order valence-electron chi connectivity index (χ2n) is 3.81. The molecule has 1 N–H and O–H groups in total. The van der Waals surface area contributed by atoms with Crippen LogP contribution in [0.1, 0.15) is 10.4 Å². The molecule has 0 aliphatic heterocycles. The molecule has 19 heavy (non-hydrogen) atoms. The molecular formula is C15H15NO3. The summed E-state index contributed by atoms with van der Waals surface area (Å²) in [6.45, 7) is 0.659. The summed E-state index contributed by atoms with van der Waals surface area (Å²) in [5.74, 6) is 0.515. The molecule has 0 atom stereocenters. The van der Waals surface area contributed by atoms with Crippen molar-refractivity contribution in [2.24, 2.45) is 0 Å². The van der Waals surface area contributed by atoms with Gasteiger partial charge in [0.1, 0.15) is 19.0 Å². The Morgan fingerprint density at radius 3 is 2.21 bits per heavy atom. The van der Waals surface area contributed by atoms with Crippen LogP contribution in [-0.4, -0.2) is 19.1 Å². The zero-order valence-corrected chi connectivity index (χ0v) is 10.4. The number of carbonyl (C=O) groups excluding carboxylic acids is 1. The molecule has 0 aliphatic rings. The fourth-order valence-electron chi connectivity index (χ4n) is 1.48. The molecule has 0 spiro atoms. The van der Waals surface area contributed by atoms with E-state index in [-0.39, 0.29) is 12.5 Å². The number of nitrogens with one attached hydrogen (secondary N) is 1. The number of amides is 1. The smallest absolute Gasteiger partial charge is 0.274 e. The molecule has 0 unspecified atom stereocenters. The van der Waals surface area contributed by atoms with Gasteiger partial charge in [-0.1, -0.05) is 36.4 Å². The average Bonchev–Trinajstić information content (AvgIpc) is 2.49. The third-order valence-electron chi connectivity index (χ3n) is 2.40. The third-order valence-corrected chi connectivity index (χ3v) is 2.40. The second kappa shape index (κ2) is 7.18. The first-order valence-electron chi connectivity index (χ1n) is 6.01. The minimum atomic E-state index is -0.264. The lowest BCUT2D eigenvalue weighted by Gasteiger charge is -2.07. The van der Waals surface area contributed by atoms with Crippen LogP contribution in [-0.2, 0) is 4.84 Å². The first-order valence-corrected chi connectivity index (χ1v) is 6.01. The fraction of sp³-hybridized carbons (Fsp3) is 0.133. The molecule has 0 bridgehead atoms. The molecule has 98 valence electrons. The van der Waals surface area contributed by atoms with E-state index in [2.05, 4.69) is 5.48 Å². The highest BCUT2D eigenvalue weighted by molar-refractivity contribution is 5.93. The van der Waals surface area contributed by atoms with Gasteiger partial charge in [0, 0.05) is 5.56 Å². The number of ether oxygens (including phenoxy) is 1. The van der Waals surface area contributed by atoms with E-state index in [1.54, 1.807) is 24.3 Å². The number of carbonyl (C=O) groups is 1. The van der Waals surface area contributed by atoms with E-state index in [1.165, 1.54) is 0 Å². The van der Waals surface area contributed by atoms with Gasteiger partial charge in [-0.3, -0.25) is 9.63 Å². The first kappa shape index (κ1) is 13.1. The van der Waals surface area contributed by atoms with Crippen molar-refractivity contribution in [3.63, 3.8) is 0 Å². The number of benzene rings is 2. The average molecular weight is 257 g/mol. The standard InChI is InChI=1S/C15H15NO3/c17-15(13-7-3-1-4-8-13)16-19-12-11-18-14-9-5-2-6-10-14/h1-10H,11-12H2,(H,16,17). The number of hydroxylamine groups is 1. The van der Waals surface area contributed by atoms with Crippen LogP contribution in [0.4, 0.5) is 0 Å². The van der Waals surface area contributed by atoms with Gasteiger partial charge in [-0.25, -0.2) is 5.48 Å². The highest BCUT2D eigenvalue weighted by atomic mass is 16.7. The zero-order chi connectivity index (χ0) is 13.3. The van der Waals surface area contributed by atoms with Crippen LogP contribution < -0.4 is 10.2 Å². The van der Waals surface area contributed by atoms with Crippen molar-refractivity contribution in [1.29, 1.82) is 0 Å². The summed E-state index contributed by atoms with van der Waals surface area (Å²) in [5, 5.41) is 0. The Kier molecular flexibility index (Phi) is 4.96. The number of rotatable bonds is 6. The Balaban J connectivity index is 1.63. The summed E-state index contributed by atoms with van der Waals surface area (Å²) in [5.41, 5.74) is 2.93. The van der Waals surface area contributed by atoms with Gasteiger partial charge in [0.25, 0.3) is 5.91 Å². The Bertz CT molecular complexity index is 499. The van der Waals surface area contributed by atoms with Gasteiger partial charge in [0.15, 0.2) is 0 Å². The molecule has 0 radical (unpaired) electrons. The molecule has 2 aromatic carbocycles. The molecule has 2 rings (SSSR count). The lowest BCUT2D eigenvalue weighted by atomic mass is 10.2. The maximum atomic E-state index is 11.6. The summed E-state index contributed by atoms with van der Waals surface area (Å²) >= 11 is 0. The number of para-hydroxylation sites is 1. The van der Waals surface area contributed by atoms with Crippen LogP contribution in [0.25, 0.3) is 0 Å². The van der Waals surface area contributed by atoms with Crippen molar-refractivity contribution in [3.05, 3.63) is 66.2 Å². The van der Waals surface area contributed by atoms with Crippen molar-refractivity contribution in [3.8, 4) is 5.75 Å². The van der Waals surface area contributed by atoms with Crippen LogP contribution >= 0.6 is 0 Å². The predicted octanol–water partition coefficient (Wildman–Crippen LogP) is 2.43. The molecular weight excluding hydrogens is 242 g/mol. The SMILES string of the molecule is O=C(NOCCOc1ccccc1)c1ccccc1. The van der Waals surface area contributed by atoms with E-state index < -0.39 is 0 Å². The highest BCUT2D eigenvalue weighted by Gasteiger charge is 2.03. The monoisotopic (exact) mass is 257 g/mol. The van der Waals surface area contributed by atoms with Gasteiger partial charge in [-0.15, -0.1) is 0 Å². The third kappa shape index (κ3) is 4.44. The fourth-order valence-corrected chi connectivity index (χ4v) is 1.48. The predicted molar refractivity (Wildman–Crippen MR) is 71.8 cm³/mol. The van der Waals surface area contributed by atoms with Gasteiger partial charge in [0.05, 0.1) is 0 Å². The minimum absolute atomic E-state index is 0.264. The van der Waals surface area contributed by atoms with Gasteiger partial charge in [0.2, 0.25) is 0 Å². The maximum Gasteiger partial charge on any atom is 0.274 e. The number of hydrogen-bond donors (Lipinski definition) is 1. The van der Waals surface area contributed by atoms with Crippen LogP contribution in [0.3, 0.4) is 0 Å². The summed E-state index contributed by atoms with van der Waals surface area (Å²) < 4.78 is 5.42. The van der Waals surface area contributed by atoms with Gasteiger partial charge in [-0.2, -0.15) is 0 Å². The van der Waals surface area contributed by atoms with E-state index in [4.69, 9.17) is 9.57 Å². The van der Waals surface area contributed by atoms with E-state index in [0.29, 0.717) is 12.2 Å². The summed E-state index contributed by atoms with van der Waals surface area (Å²) in [6.07, 6.45) is 0. The number of hydrogen-bond acceptors (Lipinski definition) is 3. The normalized spacial score (nSPS) is 9.89. The van der Waals surface area contributed by atoms with E-state index in [9.17, 15) is 4.79 Å². The largest absolute Gasteiger partial charge is 0.491 e. The summed E-state index contributed by atoms with van der Waals surface area (Å²) in [4.78, 5) is 16.6. The van der Waals surface area contributed by atoms with Crippen molar-refractivity contribution >= 4 is 5.91 Å². The summed E-state index contributed by atoms with van der Waals surface area (Å²) in [7, 11) is 0. The second-order valence-corrected chi connectivity index (χ2v) is 3.81. The molecule has 0 fully saturated rings. The minimum Gasteiger partial charge on any atom is -0.491 e. The highest BCUT2D eigenvalue weighted by Crippen LogP contribution is 2.07. The Hall–Kier alpha value is -2.33. The van der Waals surface area contributed by atoms with Crippen LogP contribution in [0.15, 0.2) is 60.7 Å². The molecule has 0 saturated heterocycles. The Morgan fingerprint density at radius 1 is 0.895 bits per heavy atom. The zero-order valence-electron chi connectivity index (χ0n) is 10.4. The van der Waals surface area contributed by atoms with E-state index in [1.807, 2.05) is 36.4 Å². The molecule has 2 aromatic rings. The van der Waals surface area contributed by atoms with Crippen LogP contribution in [0.5, 0.6) is 5.75 Å². The maximum absolute atomic E-state index is 11.6. The van der Waals surface area contributed by atoms with Crippen LogP contribution in [0.2, 0.25) is 0 Å². The topological polar surface area (TPSA) is 47.6 Å². The Morgan fingerprint density at radius 2 is 1.53 bits per heavy atom. The quantitative estimate of drug-likeness (QED) is 0.638. The molecule has 0 aliphatic carbocycles. The Labute approximate surface area is 111 Å². The molecule has 4 nitrogen and oxygen atoms in total. The van der Waals surface area contributed by atoms with E-state index >= 15 is 0 Å². The first-order chi connectivity index (χ1) is 9.36. The molecule has 4 heteroatoms. The van der Waals surface area contributed by atoms with Gasteiger partial charge >= 0.3 is 0 Å². The van der Waals surface area contributed by atoms with Crippen molar-refractivity contribution in [1.82, 2.24) is 5.48 Å². The van der Waals surface area contributed by atoms with Gasteiger partial charge in [-0.05, 0) is 24.3 Å². The van der Waals surface area contributed by atoms with Crippen molar-refractivity contribution < 1.29 is 14.4 Å². The molecule has 0 aromatic heterocycles. The van der Waals surface area contributed by atoms with Gasteiger partial charge < -0.3 is 4.74 Å². The van der Waals surface area contributed by atoms with Crippen molar-refractivity contribution in [2.75, 3.05) is 13.2 Å². The summed E-state index contributed by atoms with van der Waals surface area (Å²) in [6, 6.07) is 18.3.